The van der Waals surface area contributed by atoms with Gasteiger partial charge in [0.25, 0.3) is 0 Å². The summed E-state index contributed by atoms with van der Waals surface area (Å²) in [5, 5.41) is 12.0. The molecule has 3 atom stereocenters. The molecule has 1 fully saturated rings. The van der Waals surface area contributed by atoms with E-state index in [1.165, 1.54) is 0 Å². The van der Waals surface area contributed by atoms with Crippen molar-refractivity contribution >= 4 is 11.9 Å². The number of carbonyl (C=O) groups excluding carboxylic acids is 1. The molecule has 1 amide bonds. The van der Waals surface area contributed by atoms with Crippen LogP contribution in [0.4, 0.5) is 0 Å². The topological polar surface area (TPSA) is 75.6 Å². The van der Waals surface area contributed by atoms with Crippen molar-refractivity contribution in [2.24, 2.45) is 5.92 Å². The number of hydrogen-bond acceptors (Lipinski definition) is 3. The van der Waals surface area contributed by atoms with Crippen molar-refractivity contribution in [3.63, 3.8) is 0 Å². The van der Waals surface area contributed by atoms with E-state index in [0.717, 1.165) is 5.56 Å². The Kier molecular flexibility index (Phi) is 2.52. The number of carboxylic acid groups (broad SMARTS) is 1. The Labute approximate surface area is 110 Å². The molecule has 2 N–H and O–H groups in total. The van der Waals surface area contributed by atoms with Crippen LogP contribution in [-0.4, -0.2) is 29.6 Å². The molecule has 1 aromatic rings. The highest BCUT2D eigenvalue weighted by Gasteiger charge is 2.57. The van der Waals surface area contributed by atoms with Gasteiger partial charge in [0.2, 0.25) is 5.91 Å². The van der Waals surface area contributed by atoms with Crippen LogP contribution in [0, 0.1) is 5.92 Å². The molecule has 1 aromatic carbocycles. The smallest absolute Gasteiger partial charge is 0.327 e. The summed E-state index contributed by atoms with van der Waals surface area (Å²) in [4.78, 5) is 23.3. The molecule has 0 saturated carbocycles. The number of benzene rings is 1. The van der Waals surface area contributed by atoms with Gasteiger partial charge in [0.1, 0.15) is 11.8 Å². The summed E-state index contributed by atoms with van der Waals surface area (Å²) in [6.45, 7) is 2.36. The van der Waals surface area contributed by atoms with Gasteiger partial charge >= 0.3 is 5.97 Å². The number of carboxylic acids is 1. The molecular formula is C14H15NO4. The number of para-hydroxylation sites is 1. The predicted molar refractivity (Wildman–Crippen MR) is 67.0 cm³/mol. The van der Waals surface area contributed by atoms with Crippen LogP contribution >= 0.6 is 0 Å². The largest absolute Gasteiger partial charge is 0.493 e. The molecule has 0 aliphatic carbocycles. The Morgan fingerprint density at radius 3 is 2.95 bits per heavy atom. The van der Waals surface area contributed by atoms with Gasteiger partial charge in [-0.05, 0) is 6.07 Å². The van der Waals surface area contributed by atoms with E-state index in [2.05, 4.69) is 5.32 Å². The second-order valence-corrected chi connectivity index (χ2v) is 5.26. The Bertz CT molecular complexity index is 556. The Balaban J connectivity index is 2.21. The molecule has 3 unspecified atom stereocenters. The zero-order valence-corrected chi connectivity index (χ0v) is 10.6. The molecule has 19 heavy (non-hydrogen) atoms. The average molecular weight is 261 g/mol. The second kappa shape index (κ2) is 3.98. The van der Waals surface area contributed by atoms with Crippen LogP contribution in [0.25, 0.3) is 0 Å². The molecule has 0 bridgehead atoms. The van der Waals surface area contributed by atoms with Crippen LogP contribution in [0.1, 0.15) is 18.9 Å². The zero-order chi connectivity index (χ0) is 13.6. The van der Waals surface area contributed by atoms with Gasteiger partial charge in [-0.3, -0.25) is 4.79 Å². The number of ether oxygens (including phenoxy) is 1. The van der Waals surface area contributed by atoms with E-state index in [-0.39, 0.29) is 18.2 Å². The van der Waals surface area contributed by atoms with Crippen LogP contribution in [0.15, 0.2) is 24.3 Å². The third kappa shape index (κ3) is 1.54. The number of fused-ring (bicyclic) bond motifs is 2. The van der Waals surface area contributed by atoms with Gasteiger partial charge in [-0.25, -0.2) is 4.79 Å². The molecule has 0 radical (unpaired) electrons. The van der Waals surface area contributed by atoms with Crippen molar-refractivity contribution in [3.05, 3.63) is 29.8 Å². The molecule has 2 aliphatic heterocycles. The van der Waals surface area contributed by atoms with Gasteiger partial charge in [-0.15, -0.1) is 0 Å². The fraction of sp³-hybridized carbons (Fsp3) is 0.429. The number of carbonyl (C=O) groups is 2. The van der Waals surface area contributed by atoms with Crippen molar-refractivity contribution in [2.45, 2.75) is 24.8 Å². The van der Waals surface area contributed by atoms with Gasteiger partial charge in [0.15, 0.2) is 0 Å². The van der Waals surface area contributed by atoms with Crippen LogP contribution in [0.3, 0.4) is 0 Å². The van der Waals surface area contributed by atoms with Gasteiger partial charge in [-0.2, -0.15) is 0 Å². The fourth-order valence-electron chi connectivity index (χ4n) is 3.31. The van der Waals surface area contributed by atoms with E-state index in [9.17, 15) is 14.7 Å². The minimum absolute atomic E-state index is 0.0394. The Morgan fingerprint density at radius 1 is 1.47 bits per heavy atom. The molecule has 100 valence electrons. The maximum absolute atomic E-state index is 11.8. The standard InChI is InChI=1S/C14H15NO4/c1-8-7-19-10-5-3-2-4-9(10)14(8)6-11(16)15-12(14)13(17)18/h2-5,8,12H,6-7H2,1H3,(H,15,16)(H,17,18). The van der Waals surface area contributed by atoms with Crippen molar-refractivity contribution < 1.29 is 19.4 Å². The quantitative estimate of drug-likeness (QED) is 0.788. The normalized spacial score (nSPS) is 32.6. The monoisotopic (exact) mass is 261 g/mol. The first kappa shape index (κ1) is 12.0. The predicted octanol–water partition coefficient (Wildman–Crippen LogP) is 0.926. The average Bonchev–Trinajstić information content (AvgIpc) is 2.74. The highest BCUT2D eigenvalue weighted by molar-refractivity contribution is 5.91. The first-order valence-electron chi connectivity index (χ1n) is 6.30. The van der Waals surface area contributed by atoms with Crippen molar-refractivity contribution in [3.8, 4) is 5.75 Å². The number of hydrogen-bond donors (Lipinski definition) is 2. The molecule has 3 rings (SSSR count). The lowest BCUT2D eigenvalue weighted by molar-refractivity contribution is -0.142. The molecule has 1 saturated heterocycles. The van der Waals surface area contributed by atoms with E-state index in [4.69, 9.17) is 4.74 Å². The highest BCUT2D eigenvalue weighted by atomic mass is 16.5. The lowest BCUT2D eigenvalue weighted by atomic mass is 9.64. The van der Waals surface area contributed by atoms with E-state index in [1.54, 1.807) is 0 Å². The van der Waals surface area contributed by atoms with Crippen LogP contribution in [0.2, 0.25) is 0 Å². The summed E-state index contributed by atoms with van der Waals surface area (Å²) < 4.78 is 5.65. The van der Waals surface area contributed by atoms with Gasteiger partial charge < -0.3 is 15.2 Å². The van der Waals surface area contributed by atoms with Crippen LogP contribution < -0.4 is 10.1 Å². The highest BCUT2D eigenvalue weighted by Crippen LogP contribution is 2.49. The Morgan fingerprint density at radius 2 is 2.21 bits per heavy atom. The first-order valence-corrected chi connectivity index (χ1v) is 6.30. The second-order valence-electron chi connectivity index (χ2n) is 5.26. The summed E-state index contributed by atoms with van der Waals surface area (Å²) in [6, 6.07) is 6.50. The lowest BCUT2D eigenvalue weighted by Gasteiger charge is -2.42. The van der Waals surface area contributed by atoms with E-state index in [0.29, 0.717) is 12.4 Å². The van der Waals surface area contributed by atoms with Crippen LogP contribution in [-0.2, 0) is 15.0 Å². The summed E-state index contributed by atoms with van der Waals surface area (Å²) in [5.41, 5.74) is 0.108. The SMILES string of the molecule is CC1COc2ccccc2C12CC(=O)NC2C(=O)O. The molecule has 2 aliphatic rings. The van der Waals surface area contributed by atoms with Crippen molar-refractivity contribution in [2.75, 3.05) is 6.61 Å². The first-order chi connectivity index (χ1) is 9.05. The lowest BCUT2D eigenvalue weighted by Crippen LogP contribution is -2.53. The summed E-state index contributed by atoms with van der Waals surface area (Å²) >= 11 is 0. The van der Waals surface area contributed by atoms with Crippen LogP contribution in [0.5, 0.6) is 5.75 Å². The molecule has 5 nitrogen and oxygen atoms in total. The molecule has 0 aromatic heterocycles. The van der Waals surface area contributed by atoms with Crippen molar-refractivity contribution in [1.82, 2.24) is 5.32 Å². The molecule has 5 heteroatoms. The third-order valence-electron chi connectivity index (χ3n) is 4.28. The zero-order valence-electron chi connectivity index (χ0n) is 10.6. The fourth-order valence-corrected chi connectivity index (χ4v) is 3.31. The van der Waals surface area contributed by atoms with Gasteiger partial charge in [-0.1, -0.05) is 25.1 Å². The Hall–Kier alpha value is -2.04. The molecule has 1 spiro atoms. The van der Waals surface area contributed by atoms with Gasteiger partial charge in [0, 0.05) is 23.3 Å². The van der Waals surface area contributed by atoms with Gasteiger partial charge in [0.05, 0.1) is 6.61 Å². The maximum Gasteiger partial charge on any atom is 0.327 e. The molecular weight excluding hydrogens is 246 g/mol. The van der Waals surface area contributed by atoms with E-state index in [1.807, 2.05) is 31.2 Å². The minimum Gasteiger partial charge on any atom is -0.493 e. The number of aliphatic carboxylic acids is 1. The summed E-state index contributed by atoms with van der Waals surface area (Å²) in [7, 11) is 0. The third-order valence-corrected chi connectivity index (χ3v) is 4.28. The number of rotatable bonds is 1. The number of nitrogens with one attached hydrogen (secondary N) is 1. The molecule has 2 heterocycles. The summed E-state index contributed by atoms with van der Waals surface area (Å²) in [6.07, 6.45) is 0.200. The van der Waals surface area contributed by atoms with E-state index < -0.39 is 17.4 Å². The summed E-state index contributed by atoms with van der Waals surface area (Å²) in [5.74, 6) is -0.559. The van der Waals surface area contributed by atoms with Crippen molar-refractivity contribution in [1.29, 1.82) is 0 Å². The van der Waals surface area contributed by atoms with E-state index >= 15 is 0 Å². The minimum atomic E-state index is -0.991. The maximum atomic E-state index is 11.8. The number of amides is 1.